The fourth-order valence-electron chi connectivity index (χ4n) is 2.60. The average molecular weight is 355 g/mol. The SMILES string of the molecule is CCCc1c(C(=O)NC2CC2)nnn1-c1ccc(NC(=O)C(C)C)cc1. The van der Waals surface area contributed by atoms with Crippen molar-refractivity contribution in [3.05, 3.63) is 35.7 Å². The maximum atomic E-state index is 12.4. The van der Waals surface area contributed by atoms with Gasteiger partial charge in [0.25, 0.3) is 5.91 Å². The van der Waals surface area contributed by atoms with Gasteiger partial charge < -0.3 is 10.6 Å². The van der Waals surface area contributed by atoms with Crippen LogP contribution in [0.5, 0.6) is 0 Å². The summed E-state index contributed by atoms with van der Waals surface area (Å²) in [5.41, 5.74) is 2.76. The minimum absolute atomic E-state index is 0.0239. The van der Waals surface area contributed by atoms with E-state index in [2.05, 4.69) is 27.9 Å². The van der Waals surface area contributed by atoms with E-state index in [1.54, 1.807) is 4.68 Å². The molecule has 0 aliphatic heterocycles. The van der Waals surface area contributed by atoms with Gasteiger partial charge in [-0.1, -0.05) is 32.4 Å². The van der Waals surface area contributed by atoms with Crippen molar-refractivity contribution in [3.63, 3.8) is 0 Å². The van der Waals surface area contributed by atoms with Gasteiger partial charge in [0.1, 0.15) is 0 Å². The summed E-state index contributed by atoms with van der Waals surface area (Å²) in [5.74, 6) is -0.249. The summed E-state index contributed by atoms with van der Waals surface area (Å²) in [6, 6.07) is 7.68. The first-order valence-electron chi connectivity index (χ1n) is 9.16. The van der Waals surface area contributed by atoms with Gasteiger partial charge in [0, 0.05) is 17.6 Å². The Labute approximate surface area is 153 Å². The lowest BCUT2D eigenvalue weighted by Crippen LogP contribution is -2.27. The standard InChI is InChI=1S/C19H25N5O2/c1-4-5-16-17(19(26)21-13-6-7-13)22-23-24(16)15-10-8-14(9-11-15)20-18(25)12(2)3/h8-13H,4-7H2,1-3H3,(H,20,25)(H,21,26). The van der Waals surface area contributed by atoms with E-state index in [1.165, 1.54) is 0 Å². The molecule has 1 aliphatic rings. The second-order valence-corrected chi connectivity index (χ2v) is 6.99. The van der Waals surface area contributed by atoms with Crippen LogP contribution in [-0.4, -0.2) is 32.9 Å². The molecular weight excluding hydrogens is 330 g/mol. The molecule has 0 bridgehead atoms. The van der Waals surface area contributed by atoms with Crippen LogP contribution in [0.3, 0.4) is 0 Å². The van der Waals surface area contributed by atoms with Crippen LogP contribution in [0.25, 0.3) is 5.69 Å². The molecule has 0 saturated heterocycles. The Balaban J connectivity index is 1.82. The first-order chi connectivity index (χ1) is 12.5. The summed E-state index contributed by atoms with van der Waals surface area (Å²) in [7, 11) is 0. The lowest BCUT2D eigenvalue weighted by Gasteiger charge is -2.10. The van der Waals surface area contributed by atoms with Gasteiger partial charge in [0.15, 0.2) is 5.69 Å². The van der Waals surface area contributed by atoms with Gasteiger partial charge in [0.05, 0.1) is 11.4 Å². The highest BCUT2D eigenvalue weighted by Crippen LogP contribution is 2.21. The van der Waals surface area contributed by atoms with Crippen LogP contribution in [0.1, 0.15) is 56.2 Å². The summed E-state index contributed by atoms with van der Waals surface area (Å²) in [6.07, 6.45) is 3.67. The third-order valence-corrected chi connectivity index (χ3v) is 4.28. The maximum absolute atomic E-state index is 12.4. The van der Waals surface area contributed by atoms with Crippen LogP contribution in [0, 0.1) is 5.92 Å². The largest absolute Gasteiger partial charge is 0.348 e. The van der Waals surface area contributed by atoms with Crippen molar-refractivity contribution in [2.45, 2.75) is 52.5 Å². The number of anilines is 1. The Morgan fingerprint density at radius 3 is 2.50 bits per heavy atom. The van der Waals surface area contributed by atoms with Crippen LogP contribution < -0.4 is 10.6 Å². The monoisotopic (exact) mass is 355 g/mol. The number of carbonyl (C=O) groups excluding carboxylic acids is 2. The molecule has 2 aromatic rings. The lowest BCUT2D eigenvalue weighted by atomic mass is 10.1. The van der Waals surface area contributed by atoms with E-state index >= 15 is 0 Å². The zero-order chi connectivity index (χ0) is 18.7. The Hall–Kier alpha value is -2.70. The number of hydrogen-bond donors (Lipinski definition) is 2. The minimum Gasteiger partial charge on any atom is -0.348 e. The molecule has 0 radical (unpaired) electrons. The highest BCUT2D eigenvalue weighted by molar-refractivity contribution is 5.94. The topological polar surface area (TPSA) is 88.9 Å². The molecule has 1 aromatic heterocycles. The van der Waals surface area contributed by atoms with Crippen LogP contribution in [0.15, 0.2) is 24.3 Å². The summed E-state index contributed by atoms with van der Waals surface area (Å²) in [5, 5.41) is 14.1. The summed E-state index contributed by atoms with van der Waals surface area (Å²) >= 11 is 0. The Morgan fingerprint density at radius 1 is 1.23 bits per heavy atom. The van der Waals surface area contributed by atoms with Crippen LogP contribution >= 0.6 is 0 Å². The van der Waals surface area contributed by atoms with E-state index in [-0.39, 0.29) is 23.8 Å². The molecule has 0 spiro atoms. The Kier molecular flexibility index (Phi) is 5.35. The van der Waals surface area contributed by atoms with Crippen molar-refractivity contribution in [2.24, 2.45) is 5.92 Å². The molecule has 1 fully saturated rings. The number of amides is 2. The summed E-state index contributed by atoms with van der Waals surface area (Å²) < 4.78 is 1.71. The third kappa shape index (κ3) is 4.09. The molecule has 3 rings (SSSR count). The molecule has 7 nitrogen and oxygen atoms in total. The number of carbonyl (C=O) groups is 2. The minimum atomic E-state index is -0.150. The van der Waals surface area contributed by atoms with E-state index in [0.717, 1.165) is 36.3 Å². The first kappa shape index (κ1) is 18.1. The molecule has 1 aliphatic carbocycles. The van der Waals surface area contributed by atoms with Gasteiger partial charge >= 0.3 is 0 Å². The van der Waals surface area contributed by atoms with Crippen molar-refractivity contribution in [1.29, 1.82) is 0 Å². The first-order valence-corrected chi connectivity index (χ1v) is 9.16. The molecule has 1 heterocycles. The fourth-order valence-corrected chi connectivity index (χ4v) is 2.60. The van der Waals surface area contributed by atoms with E-state index in [4.69, 9.17) is 0 Å². The van der Waals surface area contributed by atoms with E-state index in [9.17, 15) is 9.59 Å². The van der Waals surface area contributed by atoms with Gasteiger partial charge in [-0.3, -0.25) is 9.59 Å². The number of nitrogens with one attached hydrogen (secondary N) is 2. The number of hydrogen-bond acceptors (Lipinski definition) is 4. The van der Waals surface area contributed by atoms with E-state index in [1.807, 2.05) is 38.1 Å². The highest BCUT2D eigenvalue weighted by atomic mass is 16.2. The molecule has 138 valence electrons. The van der Waals surface area contributed by atoms with Crippen molar-refractivity contribution in [3.8, 4) is 5.69 Å². The molecule has 26 heavy (non-hydrogen) atoms. The average Bonchev–Trinajstić information content (AvgIpc) is 3.33. The fraction of sp³-hybridized carbons (Fsp3) is 0.474. The molecule has 1 saturated carbocycles. The number of nitrogens with zero attached hydrogens (tertiary/aromatic N) is 3. The zero-order valence-corrected chi connectivity index (χ0v) is 15.5. The predicted octanol–water partition coefficient (Wildman–Crippen LogP) is 2.71. The van der Waals surface area contributed by atoms with Gasteiger partial charge in [-0.25, -0.2) is 4.68 Å². The third-order valence-electron chi connectivity index (χ3n) is 4.28. The molecule has 0 unspecified atom stereocenters. The molecular formula is C19H25N5O2. The highest BCUT2D eigenvalue weighted by Gasteiger charge is 2.27. The van der Waals surface area contributed by atoms with Crippen molar-refractivity contribution < 1.29 is 9.59 Å². The Bertz CT molecular complexity index is 791. The van der Waals surface area contributed by atoms with Crippen molar-refractivity contribution in [1.82, 2.24) is 20.3 Å². The zero-order valence-electron chi connectivity index (χ0n) is 15.5. The van der Waals surface area contributed by atoms with Crippen LogP contribution in [-0.2, 0) is 11.2 Å². The van der Waals surface area contributed by atoms with E-state index in [0.29, 0.717) is 12.1 Å². The van der Waals surface area contributed by atoms with Gasteiger partial charge in [-0.05, 0) is 43.5 Å². The second-order valence-electron chi connectivity index (χ2n) is 6.99. The Morgan fingerprint density at radius 2 is 1.92 bits per heavy atom. The number of aromatic nitrogens is 3. The lowest BCUT2D eigenvalue weighted by molar-refractivity contribution is -0.118. The normalized spacial score (nSPS) is 13.7. The molecule has 2 amide bonds. The maximum Gasteiger partial charge on any atom is 0.273 e. The quantitative estimate of drug-likeness (QED) is 0.799. The molecule has 0 atom stereocenters. The van der Waals surface area contributed by atoms with E-state index < -0.39 is 0 Å². The van der Waals surface area contributed by atoms with Gasteiger partial charge in [0.2, 0.25) is 5.91 Å². The van der Waals surface area contributed by atoms with Crippen molar-refractivity contribution >= 4 is 17.5 Å². The molecule has 1 aromatic carbocycles. The van der Waals surface area contributed by atoms with Gasteiger partial charge in [-0.2, -0.15) is 0 Å². The summed E-state index contributed by atoms with van der Waals surface area (Å²) in [4.78, 5) is 24.2. The number of benzene rings is 1. The molecule has 7 heteroatoms. The predicted molar refractivity (Wildman–Crippen MR) is 99.3 cm³/mol. The van der Waals surface area contributed by atoms with Crippen molar-refractivity contribution in [2.75, 3.05) is 5.32 Å². The molecule has 2 N–H and O–H groups in total. The smallest absolute Gasteiger partial charge is 0.273 e. The van der Waals surface area contributed by atoms with Crippen LogP contribution in [0.2, 0.25) is 0 Å². The summed E-state index contributed by atoms with van der Waals surface area (Å²) in [6.45, 7) is 5.76. The second kappa shape index (κ2) is 7.68. The van der Waals surface area contributed by atoms with Gasteiger partial charge in [-0.15, -0.1) is 5.10 Å². The van der Waals surface area contributed by atoms with Crippen LogP contribution in [0.4, 0.5) is 5.69 Å². The number of rotatable bonds is 7.